The fourth-order valence-electron chi connectivity index (χ4n) is 3.50. The number of hydrogen-bond acceptors (Lipinski definition) is 6. The van der Waals surface area contributed by atoms with Crippen LogP contribution in [0.2, 0.25) is 0 Å². The van der Waals surface area contributed by atoms with Gasteiger partial charge in [0.2, 0.25) is 0 Å². The molecule has 2 aromatic heterocycles. The van der Waals surface area contributed by atoms with Gasteiger partial charge in [0.05, 0.1) is 26.9 Å². The van der Waals surface area contributed by atoms with Gasteiger partial charge in [-0.2, -0.15) is 0 Å². The second kappa shape index (κ2) is 8.39. The maximum absolute atomic E-state index is 11.8. The van der Waals surface area contributed by atoms with Crippen LogP contribution in [0.4, 0.5) is 11.5 Å². The number of rotatable bonds is 6. The van der Waals surface area contributed by atoms with Crippen LogP contribution in [0.3, 0.4) is 0 Å². The molecule has 0 saturated heterocycles. The molecule has 0 aliphatic heterocycles. The van der Waals surface area contributed by atoms with Gasteiger partial charge in [-0.05, 0) is 43.3 Å². The smallest absolute Gasteiger partial charge is 0.337 e. The van der Waals surface area contributed by atoms with Crippen molar-refractivity contribution in [3.63, 3.8) is 0 Å². The first-order valence-electron chi connectivity index (χ1n) is 9.71. The Morgan fingerprint density at radius 3 is 2.35 bits per heavy atom. The molecule has 0 spiro atoms. The van der Waals surface area contributed by atoms with Crippen molar-refractivity contribution in [3.05, 3.63) is 71.9 Å². The molecule has 0 bridgehead atoms. The number of methoxy groups -OCH3 is 3. The molecule has 31 heavy (non-hydrogen) atoms. The van der Waals surface area contributed by atoms with Crippen LogP contribution in [0.15, 0.2) is 60.7 Å². The van der Waals surface area contributed by atoms with E-state index in [-0.39, 0.29) is 5.97 Å². The number of aryl methyl sites for hydroxylation is 1. The molecule has 0 atom stereocenters. The summed E-state index contributed by atoms with van der Waals surface area (Å²) in [6.45, 7) is 2.03. The quantitative estimate of drug-likeness (QED) is 0.452. The highest BCUT2D eigenvalue weighted by atomic mass is 16.5. The zero-order valence-corrected chi connectivity index (χ0v) is 17.8. The van der Waals surface area contributed by atoms with Crippen molar-refractivity contribution in [2.45, 2.75) is 6.92 Å². The van der Waals surface area contributed by atoms with Gasteiger partial charge in [0, 0.05) is 23.0 Å². The van der Waals surface area contributed by atoms with Gasteiger partial charge < -0.3 is 19.5 Å². The first-order valence-corrected chi connectivity index (χ1v) is 9.71. The average Bonchev–Trinajstić information content (AvgIpc) is 3.18. The summed E-state index contributed by atoms with van der Waals surface area (Å²) in [6.07, 6.45) is 0. The van der Waals surface area contributed by atoms with Gasteiger partial charge in [0.25, 0.3) is 0 Å². The van der Waals surface area contributed by atoms with Crippen LogP contribution >= 0.6 is 0 Å². The summed E-state index contributed by atoms with van der Waals surface area (Å²) in [5.41, 5.74) is 4.80. The largest absolute Gasteiger partial charge is 0.493 e. The van der Waals surface area contributed by atoms with Crippen LogP contribution in [0, 0.1) is 6.92 Å². The monoisotopic (exact) mass is 417 g/mol. The van der Waals surface area contributed by atoms with Crippen molar-refractivity contribution in [1.29, 1.82) is 0 Å². The number of carbonyl (C=O) groups is 1. The number of ether oxygens (including phenoxy) is 3. The maximum atomic E-state index is 11.8. The standard InChI is InChI=1S/C24H23N3O4/c1-15-6-5-7-21-26-22(16-8-10-17(11-9-16)24(28)31-4)23(27(15)21)25-18-12-13-19(29-2)20(14-18)30-3/h5-14,25H,1-4H3. The fraction of sp³-hybridized carbons (Fsp3) is 0.167. The molecule has 0 aliphatic carbocycles. The normalized spacial score (nSPS) is 10.7. The lowest BCUT2D eigenvalue weighted by molar-refractivity contribution is 0.0600. The number of aromatic nitrogens is 2. The second-order valence-electron chi connectivity index (χ2n) is 6.93. The van der Waals surface area contributed by atoms with Gasteiger partial charge in [0.15, 0.2) is 11.5 Å². The van der Waals surface area contributed by atoms with Crippen LogP contribution < -0.4 is 14.8 Å². The maximum Gasteiger partial charge on any atom is 0.337 e. The van der Waals surface area contributed by atoms with E-state index in [2.05, 4.69) is 9.72 Å². The van der Waals surface area contributed by atoms with Crippen LogP contribution in [-0.4, -0.2) is 36.7 Å². The van der Waals surface area contributed by atoms with E-state index in [1.165, 1.54) is 7.11 Å². The van der Waals surface area contributed by atoms with Crippen molar-refractivity contribution in [2.24, 2.45) is 0 Å². The summed E-state index contributed by atoms with van der Waals surface area (Å²) in [4.78, 5) is 16.6. The number of hydrogen-bond donors (Lipinski definition) is 1. The summed E-state index contributed by atoms with van der Waals surface area (Å²) in [5.74, 6) is 1.72. The Balaban J connectivity index is 1.83. The number of nitrogens with one attached hydrogen (secondary N) is 1. The number of esters is 1. The lowest BCUT2D eigenvalue weighted by Crippen LogP contribution is -2.01. The molecule has 7 heteroatoms. The summed E-state index contributed by atoms with van der Waals surface area (Å²) < 4.78 is 17.6. The number of fused-ring (bicyclic) bond motifs is 1. The van der Waals surface area contributed by atoms with Crippen molar-refractivity contribution in [1.82, 2.24) is 9.38 Å². The van der Waals surface area contributed by atoms with E-state index in [1.54, 1.807) is 26.4 Å². The van der Waals surface area contributed by atoms with Crippen LogP contribution in [0.25, 0.3) is 16.9 Å². The zero-order valence-electron chi connectivity index (χ0n) is 17.8. The Labute approximate surface area is 180 Å². The summed E-state index contributed by atoms with van der Waals surface area (Å²) in [6, 6.07) is 18.8. The third kappa shape index (κ3) is 3.77. The molecular weight excluding hydrogens is 394 g/mol. The fourth-order valence-corrected chi connectivity index (χ4v) is 3.50. The Morgan fingerprint density at radius 1 is 0.935 bits per heavy atom. The summed E-state index contributed by atoms with van der Waals surface area (Å²) in [7, 11) is 4.58. The number of imidazole rings is 1. The molecule has 0 fully saturated rings. The van der Waals surface area contributed by atoms with Crippen LogP contribution in [0.5, 0.6) is 11.5 Å². The van der Waals surface area contributed by atoms with Crippen molar-refractivity contribution in [3.8, 4) is 22.8 Å². The molecule has 0 saturated carbocycles. The first-order chi connectivity index (χ1) is 15.0. The number of nitrogens with zero attached hydrogens (tertiary/aromatic N) is 2. The number of anilines is 2. The molecule has 0 radical (unpaired) electrons. The van der Waals surface area contributed by atoms with Crippen LogP contribution in [-0.2, 0) is 4.74 Å². The Kier molecular flexibility index (Phi) is 5.49. The zero-order chi connectivity index (χ0) is 22.0. The summed E-state index contributed by atoms with van der Waals surface area (Å²) >= 11 is 0. The van der Waals surface area contributed by atoms with Crippen LogP contribution in [0.1, 0.15) is 16.1 Å². The second-order valence-corrected chi connectivity index (χ2v) is 6.93. The van der Waals surface area contributed by atoms with Gasteiger partial charge in [-0.1, -0.05) is 18.2 Å². The number of pyridine rings is 1. The number of benzene rings is 2. The molecule has 2 heterocycles. The van der Waals surface area contributed by atoms with Gasteiger partial charge >= 0.3 is 5.97 Å². The predicted octanol–water partition coefficient (Wildman–Crippen LogP) is 4.86. The minimum Gasteiger partial charge on any atom is -0.493 e. The van der Waals surface area contributed by atoms with Gasteiger partial charge in [0.1, 0.15) is 17.2 Å². The molecule has 158 valence electrons. The van der Waals surface area contributed by atoms with E-state index in [0.717, 1.165) is 34.1 Å². The Bertz CT molecular complexity index is 1250. The molecule has 4 rings (SSSR count). The molecule has 0 amide bonds. The topological polar surface area (TPSA) is 74.1 Å². The summed E-state index contributed by atoms with van der Waals surface area (Å²) in [5, 5.41) is 3.48. The molecule has 2 aromatic carbocycles. The van der Waals surface area contributed by atoms with Gasteiger partial charge in [-0.3, -0.25) is 4.40 Å². The minimum absolute atomic E-state index is 0.374. The van der Waals surface area contributed by atoms with Gasteiger partial charge in [-0.15, -0.1) is 0 Å². The Hall–Kier alpha value is -4.00. The highest BCUT2D eigenvalue weighted by molar-refractivity contribution is 5.90. The molecule has 0 unspecified atom stereocenters. The molecule has 7 nitrogen and oxygen atoms in total. The van der Waals surface area contributed by atoms with E-state index >= 15 is 0 Å². The lowest BCUT2D eigenvalue weighted by atomic mass is 10.1. The van der Waals surface area contributed by atoms with E-state index in [0.29, 0.717) is 17.1 Å². The van der Waals surface area contributed by atoms with Crippen molar-refractivity contribution >= 4 is 23.1 Å². The predicted molar refractivity (Wildman–Crippen MR) is 120 cm³/mol. The van der Waals surface area contributed by atoms with E-state index < -0.39 is 0 Å². The molecule has 4 aromatic rings. The molecule has 1 N–H and O–H groups in total. The average molecular weight is 417 g/mol. The van der Waals surface area contributed by atoms with E-state index in [9.17, 15) is 4.79 Å². The van der Waals surface area contributed by atoms with E-state index in [1.807, 2.05) is 55.5 Å². The number of carbonyl (C=O) groups excluding carboxylic acids is 1. The lowest BCUT2D eigenvalue weighted by Gasteiger charge is -2.13. The first kappa shape index (κ1) is 20.3. The van der Waals surface area contributed by atoms with E-state index in [4.69, 9.17) is 19.2 Å². The van der Waals surface area contributed by atoms with Crippen molar-refractivity contribution in [2.75, 3.05) is 26.6 Å². The molecular formula is C24H23N3O4. The van der Waals surface area contributed by atoms with Crippen molar-refractivity contribution < 1.29 is 19.0 Å². The third-order valence-electron chi connectivity index (χ3n) is 5.06. The van der Waals surface area contributed by atoms with Gasteiger partial charge in [-0.25, -0.2) is 9.78 Å². The Morgan fingerprint density at radius 2 is 1.68 bits per heavy atom. The minimum atomic E-state index is -0.374. The SMILES string of the molecule is COC(=O)c1ccc(-c2nc3cccc(C)n3c2Nc2ccc(OC)c(OC)c2)cc1. The highest BCUT2D eigenvalue weighted by Crippen LogP contribution is 2.35. The highest BCUT2D eigenvalue weighted by Gasteiger charge is 2.17. The third-order valence-corrected chi connectivity index (χ3v) is 5.06. The molecule has 0 aliphatic rings.